The molecule has 19 nitrogen and oxygen atoms in total. The van der Waals surface area contributed by atoms with Crippen molar-refractivity contribution >= 4 is 47.1 Å². The maximum Gasteiger partial charge on any atom is 0.409 e. The number of piperidine rings is 2. The third-order valence-electron chi connectivity index (χ3n) is 10.7. The summed E-state index contributed by atoms with van der Waals surface area (Å²) in [5.74, 6) is -4.55. The Morgan fingerprint density at radius 2 is 1.59 bits per heavy atom. The predicted molar refractivity (Wildman–Crippen MR) is 222 cm³/mol. The molecule has 6 amide bonds. The van der Waals surface area contributed by atoms with Crippen molar-refractivity contribution in [2.75, 3.05) is 76.9 Å². The van der Waals surface area contributed by atoms with Crippen LogP contribution in [0, 0.1) is 11.6 Å². The van der Waals surface area contributed by atoms with Crippen LogP contribution in [0.1, 0.15) is 62.8 Å². The minimum atomic E-state index is -1.05. The maximum absolute atomic E-state index is 14.1. The van der Waals surface area contributed by atoms with Gasteiger partial charge in [-0.05, 0) is 67.8 Å². The third kappa shape index (κ3) is 10.3. The van der Waals surface area contributed by atoms with Gasteiger partial charge in [0.05, 0.1) is 56.8 Å². The zero-order chi connectivity index (χ0) is 45.3. The van der Waals surface area contributed by atoms with E-state index in [1.165, 1.54) is 33.8 Å². The number of nitrogens with zero attached hydrogens (tertiary/aromatic N) is 4. The number of likely N-dealkylation sites (tertiary alicyclic amines) is 1. The van der Waals surface area contributed by atoms with E-state index in [4.69, 9.17) is 35.2 Å². The fourth-order valence-corrected chi connectivity index (χ4v) is 7.60. The van der Waals surface area contributed by atoms with E-state index in [1.54, 1.807) is 24.3 Å². The van der Waals surface area contributed by atoms with Crippen molar-refractivity contribution in [3.63, 3.8) is 0 Å². The highest BCUT2D eigenvalue weighted by atomic mass is 19.1. The molecule has 0 saturated carbocycles. The number of rotatable bonds is 19. The first kappa shape index (κ1) is 45.1. The van der Waals surface area contributed by atoms with Gasteiger partial charge in [-0.1, -0.05) is 6.07 Å². The first-order chi connectivity index (χ1) is 30.9. The van der Waals surface area contributed by atoms with Crippen LogP contribution in [0.4, 0.5) is 25.1 Å². The molecule has 0 spiro atoms. The SMILES string of the molecule is NC(=O)c1c(-c2ccc(Oc3ccc(F)cc3F)cc2)nn(C2CCCN(C(=O)OCCOCCOCCOCCNc3cccc4c3C(=O)N(C3CCC(=O)NC3=O)C4=O)C2)c1N. The molecule has 0 aliphatic carbocycles. The van der Waals surface area contributed by atoms with Gasteiger partial charge in [-0.15, -0.1) is 0 Å². The van der Waals surface area contributed by atoms with Gasteiger partial charge in [0, 0.05) is 43.4 Å². The van der Waals surface area contributed by atoms with Crippen molar-refractivity contribution in [3.8, 4) is 22.8 Å². The molecule has 0 bridgehead atoms. The van der Waals surface area contributed by atoms with Crippen molar-refractivity contribution in [2.45, 2.75) is 37.8 Å². The number of hydrogen-bond donors (Lipinski definition) is 4. The topological polar surface area (TPSA) is 249 Å². The molecule has 6 N–H and O–H groups in total. The van der Waals surface area contributed by atoms with E-state index >= 15 is 0 Å². The van der Waals surface area contributed by atoms with Gasteiger partial charge >= 0.3 is 6.09 Å². The Morgan fingerprint density at radius 3 is 2.30 bits per heavy atom. The Bertz CT molecular complexity index is 2410. The summed E-state index contributed by atoms with van der Waals surface area (Å²) >= 11 is 0. The number of carbonyl (C=O) groups excluding carboxylic acids is 6. The highest BCUT2D eigenvalue weighted by Crippen LogP contribution is 2.35. The summed E-state index contributed by atoms with van der Waals surface area (Å²) in [6, 6.07) is 12.6. The number of aromatic nitrogens is 2. The zero-order valence-corrected chi connectivity index (χ0v) is 34.5. The van der Waals surface area contributed by atoms with Crippen LogP contribution < -0.4 is 26.8 Å². The minimum absolute atomic E-state index is 0.00281. The monoisotopic (exact) mass is 888 g/mol. The lowest BCUT2D eigenvalue weighted by Gasteiger charge is -2.32. The molecule has 4 aromatic rings. The Labute approximate surface area is 364 Å². The molecule has 3 aliphatic heterocycles. The molecule has 2 saturated heterocycles. The smallest absolute Gasteiger partial charge is 0.409 e. The quantitative estimate of drug-likeness (QED) is 0.0776. The third-order valence-corrected chi connectivity index (χ3v) is 10.7. The van der Waals surface area contributed by atoms with Crippen LogP contribution in [0.25, 0.3) is 11.3 Å². The molecular formula is C43H46F2N8O11. The van der Waals surface area contributed by atoms with Gasteiger partial charge in [-0.3, -0.25) is 34.2 Å². The number of amides is 6. The number of carbonyl (C=O) groups is 6. The molecule has 1 aromatic heterocycles. The number of benzene rings is 3. The van der Waals surface area contributed by atoms with Crippen LogP contribution in [-0.4, -0.2) is 127 Å². The summed E-state index contributed by atoms with van der Waals surface area (Å²) in [4.78, 5) is 78.1. The summed E-state index contributed by atoms with van der Waals surface area (Å²) < 4.78 is 56.5. The van der Waals surface area contributed by atoms with Crippen molar-refractivity contribution < 1.29 is 61.2 Å². The lowest BCUT2D eigenvalue weighted by Crippen LogP contribution is -2.54. The van der Waals surface area contributed by atoms with Gasteiger partial charge in [-0.2, -0.15) is 5.10 Å². The zero-order valence-electron chi connectivity index (χ0n) is 34.5. The van der Waals surface area contributed by atoms with Crippen LogP contribution in [0.15, 0.2) is 60.7 Å². The average molecular weight is 889 g/mol. The van der Waals surface area contributed by atoms with Gasteiger partial charge < -0.3 is 45.4 Å². The Kier molecular flexibility index (Phi) is 14.4. The molecule has 0 radical (unpaired) electrons. The van der Waals surface area contributed by atoms with Crippen LogP contribution in [0.2, 0.25) is 0 Å². The van der Waals surface area contributed by atoms with E-state index in [-0.39, 0.29) is 111 Å². The number of primary amides is 1. The number of nitrogens with one attached hydrogen (secondary N) is 2. The lowest BCUT2D eigenvalue weighted by molar-refractivity contribution is -0.136. The highest BCUT2D eigenvalue weighted by Gasteiger charge is 2.45. The number of nitrogens with two attached hydrogens (primary N) is 2. The Morgan fingerprint density at radius 1 is 0.875 bits per heavy atom. The Balaban J connectivity index is 0.775. The van der Waals surface area contributed by atoms with E-state index in [1.807, 2.05) is 0 Å². The molecule has 4 heterocycles. The number of fused-ring (bicyclic) bond motifs is 1. The molecule has 64 heavy (non-hydrogen) atoms. The van der Waals surface area contributed by atoms with E-state index in [2.05, 4.69) is 15.7 Å². The van der Waals surface area contributed by atoms with Gasteiger partial charge in [0.1, 0.15) is 41.3 Å². The normalized spacial score (nSPS) is 17.3. The highest BCUT2D eigenvalue weighted by molar-refractivity contribution is 6.25. The number of anilines is 2. The van der Waals surface area contributed by atoms with Gasteiger partial charge in [0.2, 0.25) is 11.8 Å². The summed E-state index contributed by atoms with van der Waals surface area (Å²) in [6.07, 6.45) is 0.793. The molecule has 2 atom stereocenters. The molecule has 338 valence electrons. The largest absolute Gasteiger partial charge is 0.454 e. The summed E-state index contributed by atoms with van der Waals surface area (Å²) in [7, 11) is 0. The molecule has 3 aromatic carbocycles. The maximum atomic E-state index is 14.1. The molecule has 21 heteroatoms. The second-order valence-corrected chi connectivity index (χ2v) is 14.9. The summed E-state index contributed by atoms with van der Waals surface area (Å²) in [5, 5.41) is 9.92. The van der Waals surface area contributed by atoms with E-state index < -0.39 is 53.3 Å². The van der Waals surface area contributed by atoms with Gasteiger partial charge in [-0.25, -0.2) is 18.3 Å². The summed E-state index contributed by atoms with van der Waals surface area (Å²) in [6.45, 7) is 2.48. The van der Waals surface area contributed by atoms with Crippen LogP contribution in [-0.2, 0) is 28.5 Å². The molecule has 3 aliphatic rings. The number of ether oxygens (including phenoxy) is 5. The number of hydrogen-bond acceptors (Lipinski definition) is 14. The second kappa shape index (κ2) is 20.5. The van der Waals surface area contributed by atoms with Crippen molar-refractivity contribution in [3.05, 3.63) is 89.0 Å². The van der Waals surface area contributed by atoms with Crippen molar-refractivity contribution in [1.82, 2.24) is 24.9 Å². The standard InChI is InChI=1S/C43H46F2N8O11/c44-26-8-12-33(30(45)23-26)64-28-9-6-25(7-10-28)37-36(39(47)55)38(46)53(50-37)27-3-2-15-51(24-27)43(59)63-22-21-62-20-19-61-18-17-60-16-14-48-31-5-1-4-29-35(31)42(58)52(41(29)57)32-11-13-34(54)49-40(32)56/h1,4-10,12,23,27,32,48H,2-3,11,13-22,24,46H2,(H2,47,55)(H,49,54,56). The summed E-state index contributed by atoms with van der Waals surface area (Å²) in [5.41, 5.74) is 13.6. The fraction of sp³-hybridized carbons (Fsp3) is 0.372. The van der Waals surface area contributed by atoms with Crippen molar-refractivity contribution in [1.29, 1.82) is 0 Å². The Hall–Kier alpha value is -6.97. The predicted octanol–water partition coefficient (Wildman–Crippen LogP) is 3.64. The van der Waals surface area contributed by atoms with E-state index in [9.17, 15) is 37.5 Å². The number of imide groups is 2. The first-order valence-corrected chi connectivity index (χ1v) is 20.6. The fourth-order valence-electron chi connectivity index (χ4n) is 7.60. The van der Waals surface area contributed by atoms with E-state index in [0.717, 1.165) is 11.0 Å². The molecule has 2 fully saturated rings. The van der Waals surface area contributed by atoms with Crippen molar-refractivity contribution in [2.24, 2.45) is 5.73 Å². The first-order valence-electron chi connectivity index (χ1n) is 20.6. The molecule has 7 rings (SSSR count). The van der Waals surface area contributed by atoms with E-state index in [0.29, 0.717) is 43.2 Å². The van der Waals surface area contributed by atoms with Crippen LogP contribution >= 0.6 is 0 Å². The number of halogens is 2. The average Bonchev–Trinajstić information content (AvgIpc) is 3.76. The van der Waals surface area contributed by atoms with Crippen LogP contribution in [0.5, 0.6) is 11.5 Å². The molecular weight excluding hydrogens is 843 g/mol. The minimum Gasteiger partial charge on any atom is -0.454 e. The van der Waals surface area contributed by atoms with Gasteiger partial charge in [0.15, 0.2) is 11.6 Å². The lowest BCUT2D eigenvalue weighted by atomic mass is 10.0. The second-order valence-electron chi connectivity index (χ2n) is 14.9. The van der Waals surface area contributed by atoms with Crippen LogP contribution in [0.3, 0.4) is 0 Å². The van der Waals surface area contributed by atoms with Gasteiger partial charge in [0.25, 0.3) is 17.7 Å². The number of nitrogen functional groups attached to an aromatic ring is 1. The molecule has 2 unspecified atom stereocenters.